The van der Waals surface area contributed by atoms with E-state index in [1.54, 1.807) is 47.2 Å². The lowest BCUT2D eigenvalue weighted by molar-refractivity contribution is -0.385. The zero-order valence-electron chi connectivity index (χ0n) is 30.6. The molecular weight excluding hydrogens is 838 g/mol. The third-order valence-corrected chi connectivity index (χ3v) is 8.64. The molecule has 5 N–H and O–H groups in total. The number of nitrogens with two attached hydrogens (primary N) is 2. The Balaban J connectivity index is 0.000000186. The lowest BCUT2D eigenvalue weighted by atomic mass is 10.1. The van der Waals surface area contributed by atoms with Crippen LogP contribution in [0, 0.1) is 54.2 Å². The van der Waals surface area contributed by atoms with E-state index >= 15 is 0 Å². The van der Waals surface area contributed by atoms with Crippen LogP contribution in [0.15, 0.2) is 122 Å². The topological polar surface area (TPSA) is 316 Å². The predicted molar refractivity (Wildman–Crippen MR) is 223 cm³/mol. The number of carbonyl (C=O) groups is 1. The van der Waals surface area contributed by atoms with E-state index in [1.807, 2.05) is 42.5 Å². The van der Waals surface area contributed by atoms with Crippen molar-refractivity contribution < 1.29 is 16.1 Å². The molecule has 60 heavy (non-hydrogen) atoms. The van der Waals surface area contributed by atoms with Gasteiger partial charge >= 0.3 is 0 Å². The minimum Gasteiger partial charge on any atom is -0.399 e. The number of carbonyl (C=O) groups excluding carboxylic acids is 1. The molecule has 8 aromatic rings. The van der Waals surface area contributed by atoms with E-state index in [9.17, 15) is 25.0 Å². The van der Waals surface area contributed by atoms with Crippen molar-refractivity contribution in [3.63, 3.8) is 0 Å². The van der Waals surface area contributed by atoms with Gasteiger partial charge in [-0.15, -0.1) is 0 Å². The Morgan fingerprint density at radius 1 is 0.733 bits per heavy atom. The first kappa shape index (κ1) is 42.0. The largest absolute Gasteiger partial charge is 0.399 e. The Morgan fingerprint density at radius 2 is 1.25 bits per heavy atom. The van der Waals surface area contributed by atoms with Gasteiger partial charge in [0.25, 0.3) is 11.4 Å². The number of benzene rings is 3. The molecule has 0 saturated heterocycles. The molecule has 3 aromatic carbocycles. The average molecular weight is 867 g/mol. The first-order valence-corrected chi connectivity index (χ1v) is 17.6. The normalized spacial score (nSPS) is 10.3. The third-order valence-electron chi connectivity index (χ3n) is 7.91. The number of aromatic nitrogens is 8. The fraction of sp³-hybridized carbons (Fsp3) is 0. The van der Waals surface area contributed by atoms with E-state index in [0.717, 1.165) is 11.3 Å². The smallest absolute Gasteiger partial charge is 0.270 e. The number of nitrogens with zero attached hydrogens (tertiary/aromatic N) is 12. The standard InChI is InChI=1S/C13H7N5O2.C13H9N5.C9H6BrNO3.C4H4N4.H2/c14-7-10-8-16-17-12(4-5-15-13(10)17)9-2-1-3-11(6-9)18(19)20;14-7-10-8-17-18-12(4-5-16-13(10)18)9-2-1-3-11(15)6-9;10-9(4-5-12)7-2-1-3-8(6-7)11(13)14;5-1-3-2-7-8-4(3)6;/h1-6,8H;1-6,8H,15H2;1-6H;2H,(H3,6,7,8);1H/b;;9-4-;;. The van der Waals surface area contributed by atoms with Gasteiger partial charge in [-0.1, -0.05) is 52.3 Å². The third kappa shape index (κ3) is 9.99. The van der Waals surface area contributed by atoms with Gasteiger partial charge in [0.05, 0.1) is 39.8 Å². The average Bonchev–Trinajstić information content (AvgIpc) is 4.02. The molecule has 5 heterocycles. The maximum absolute atomic E-state index is 10.8. The van der Waals surface area contributed by atoms with Crippen LogP contribution in [0.1, 0.15) is 23.7 Å². The second-order valence-corrected chi connectivity index (χ2v) is 12.5. The van der Waals surface area contributed by atoms with Crippen LogP contribution >= 0.6 is 15.9 Å². The number of nitro groups is 2. The van der Waals surface area contributed by atoms with E-state index in [0.29, 0.717) is 67.1 Å². The predicted octanol–water partition coefficient (Wildman–Crippen LogP) is 6.67. The number of fused-ring (bicyclic) bond motifs is 2. The van der Waals surface area contributed by atoms with E-state index < -0.39 is 9.85 Å². The molecule has 0 atom stereocenters. The summed E-state index contributed by atoms with van der Waals surface area (Å²) in [4.78, 5) is 38.8. The van der Waals surface area contributed by atoms with Gasteiger partial charge < -0.3 is 11.5 Å². The number of nitro benzene ring substituents is 2. The van der Waals surface area contributed by atoms with Crippen molar-refractivity contribution in [2.24, 2.45) is 0 Å². The highest BCUT2D eigenvalue weighted by molar-refractivity contribution is 9.15. The zero-order valence-corrected chi connectivity index (χ0v) is 32.2. The molecule has 0 saturated carbocycles. The van der Waals surface area contributed by atoms with Crippen LogP contribution in [-0.2, 0) is 4.79 Å². The van der Waals surface area contributed by atoms with Gasteiger partial charge in [-0.05, 0) is 35.9 Å². The summed E-state index contributed by atoms with van der Waals surface area (Å²) in [5.74, 6) is 0.326. The van der Waals surface area contributed by atoms with Crippen LogP contribution in [0.25, 0.3) is 38.3 Å². The van der Waals surface area contributed by atoms with Gasteiger partial charge in [0, 0.05) is 59.4 Å². The Labute approximate surface area is 347 Å². The molecule has 0 amide bonds. The Kier molecular flexibility index (Phi) is 13.8. The molecule has 5 aromatic heterocycles. The van der Waals surface area contributed by atoms with E-state index in [-0.39, 0.29) is 12.8 Å². The van der Waals surface area contributed by atoms with Gasteiger partial charge in [0.1, 0.15) is 47.0 Å². The van der Waals surface area contributed by atoms with Crippen molar-refractivity contribution in [1.29, 1.82) is 15.8 Å². The molecule has 8 rings (SSSR count). The molecule has 0 aliphatic rings. The highest BCUT2D eigenvalue weighted by Crippen LogP contribution is 2.26. The lowest BCUT2D eigenvalue weighted by Crippen LogP contribution is -1.96. The molecule has 0 unspecified atom stereocenters. The molecule has 0 aliphatic carbocycles. The van der Waals surface area contributed by atoms with Crippen LogP contribution in [0.4, 0.5) is 22.9 Å². The van der Waals surface area contributed by atoms with E-state index in [4.69, 9.17) is 27.3 Å². The van der Waals surface area contributed by atoms with Gasteiger partial charge in [-0.3, -0.25) is 30.1 Å². The van der Waals surface area contributed by atoms with Crippen molar-refractivity contribution >= 4 is 60.9 Å². The number of H-pyrrole nitrogens is 1. The number of hydrogen-bond acceptors (Lipinski definition) is 15. The number of hydrogen-bond donors (Lipinski definition) is 3. The number of halogens is 1. The SMILES string of the molecule is N#Cc1cn[nH]c1N.N#Cc1cnn2c(-c3cccc(N)c3)ccnc12.N#Cc1cnn2c(-c3cccc([N+](=O)[O-])c3)ccnc12.O=C/C=C(\Br)c1cccc([N+](=O)[O-])c1.[HH]. The van der Waals surface area contributed by atoms with Crippen LogP contribution in [-0.4, -0.2) is 55.5 Å². The highest BCUT2D eigenvalue weighted by atomic mass is 79.9. The summed E-state index contributed by atoms with van der Waals surface area (Å²) < 4.78 is 3.67. The Hall–Kier alpha value is -9.13. The zero-order chi connectivity index (χ0) is 43.2. The fourth-order valence-electron chi connectivity index (χ4n) is 5.16. The summed E-state index contributed by atoms with van der Waals surface area (Å²) >= 11 is 3.14. The van der Waals surface area contributed by atoms with Crippen molar-refractivity contribution in [2.45, 2.75) is 0 Å². The maximum atomic E-state index is 10.8. The number of aromatic amines is 1. The number of nitrogens with one attached hydrogen (secondary N) is 1. The van der Waals surface area contributed by atoms with Gasteiger partial charge in [-0.25, -0.2) is 19.0 Å². The monoisotopic (exact) mass is 865 g/mol. The van der Waals surface area contributed by atoms with Crippen molar-refractivity contribution in [3.05, 3.63) is 164 Å². The van der Waals surface area contributed by atoms with Crippen molar-refractivity contribution in [3.8, 4) is 40.7 Å². The van der Waals surface area contributed by atoms with Gasteiger partial charge in [-0.2, -0.15) is 31.1 Å². The fourth-order valence-corrected chi connectivity index (χ4v) is 5.52. The van der Waals surface area contributed by atoms with Crippen LogP contribution in [0.3, 0.4) is 0 Å². The van der Waals surface area contributed by atoms with Crippen LogP contribution in [0.5, 0.6) is 0 Å². The number of nitrogen functional groups attached to an aromatic ring is 2. The number of non-ortho nitro benzene ring substituents is 2. The van der Waals surface area contributed by atoms with E-state index in [1.165, 1.54) is 53.4 Å². The van der Waals surface area contributed by atoms with Gasteiger partial charge in [0.2, 0.25) is 0 Å². The summed E-state index contributed by atoms with van der Waals surface area (Å²) in [6.45, 7) is 0. The number of aldehydes is 1. The number of nitriles is 3. The summed E-state index contributed by atoms with van der Waals surface area (Å²) in [5.41, 5.74) is 17.5. The molecule has 20 nitrogen and oxygen atoms in total. The molecular formula is C39H28BrN15O5. The summed E-state index contributed by atoms with van der Waals surface area (Å²) in [6, 6.07) is 29.2. The van der Waals surface area contributed by atoms with Gasteiger partial charge in [0.15, 0.2) is 11.3 Å². The minimum atomic E-state index is -0.481. The minimum absolute atomic E-state index is 0. The quantitative estimate of drug-likeness (QED) is 0.0517. The molecule has 21 heteroatoms. The second kappa shape index (κ2) is 19.6. The number of anilines is 2. The molecule has 0 fully saturated rings. The molecule has 296 valence electrons. The molecule has 0 bridgehead atoms. The Morgan fingerprint density at radius 3 is 1.72 bits per heavy atom. The Bertz CT molecular complexity index is 3030. The second-order valence-electron chi connectivity index (χ2n) is 11.7. The lowest BCUT2D eigenvalue weighted by Gasteiger charge is -2.05. The molecule has 0 radical (unpaired) electrons. The summed E-state index contributed by atoms with van der Waals surface area (Å²) in [6.07, 6.45) is 9.43. The highest BCUT2D eigenvalue weighted by Gasteiger charge is 2.13. The van der Waals surface area contributed by atoms with E-state index in [2.05, 4.69) is 52.4 Å². The maximum Gasteiger partial charge on any atom is 0.270 e. The van der Waals surface area contributed by atoms with Crippen LogP contribution < -0.4 is 11.5 Å². The van der Waals surface area contributed by atoms with Crippen LogP contribution in [0.2, 0.25) is 0 Å². The van der Waals surface area contributed by atoms with Crippen molar-refractivity contribution in [1.82, 2.24) is 39.4 Å². The first-order chi connectivity index (χ1) is 29.0. The number of allylic oxidation sites excluding steroid dienone is 1. The summed E-state index contributed by atoms with van der Waals surface area (Å²) in [5, 5.41) is 61.6. The molecule has 0 spiro atoms. The molecule has 0 aliphatic heterocycles. The number of rotatable bonds is 6. The summed E-state index contributed by atoms with van der Waals surface area (Å²) in [7, 11) is 0. The van der Waals surface area contributed by atoms with Crippen molar-refractivity contribution in [2.75, 3.05) is 11.5 Å². The first-order valence-electron chi connectivity index (χ1n) is 16.8.